The maximum absolute atomic E-state index is 12.9. The molecular formula is C27H31N3O3. The lowest BCUT2D eigenvalue weighted by atomic mass is 10.1. The van der Waals surface area contributed by atoms with Crippen molar-refractivity contribution in [2.75, 3.05) is 35.2 Å². The van der Waals surface area contributed by atoms with E-state index in [1.165, 1.54) is 0 Å². The first-order valence-corrected chi connectivity index (χ1v) is 11.3. The summed E-state index contributed by atoms with van der Waals surface area (Å²) in [6.07, 6.45) is 2.11. The molecule has 0 atom stereocenters. The highest BCUT2D eigenvalue weighted by Gasteiger charge is 2.15. The van der Waals surface area contributed by atoms with Gasteiger partial charge in [0.25, 0.3) is 5.91 Å². The van der Waals surface area contributed by atoms with Crippen LogP contribution in [0.1, 0.15) is 37.0 Å². The highest BCUT2D eigenvalue weighted by Crippen LogP contribution is 2.19. The van der Waals surface area contributed by atoms with E-state index >= 15 is 0 Å². The molecule has 0 saturated carbocycles. The Bertz CT molecular complexity index is 1020. The highest BCUT2D eigenvalue weighted by atomic mass is 16.5. The standard InChI is InChI=1S/C27H31N3O3/c1-3-5-19-33-25-17-15-23(16-18-25)29-26(31)20-28-22-13-11-21(12-14-22)27(32)30(4-2)24-9-7-6-8-10-24/h6-18,28H,3-5,19-20H2,1-2H3,(H,29,31). The van der Waals surface area contributed by atoms with Crippen LogP contribution in [0.25, 0.3) is 0 Å². The van der Waals surface area contributed by atoms with Crippen LogP contribution in [0.15, 0.2) is 78.9 Å². The molecule has 0 spiro atoms. The summed E-state index contributed by atoms with van der Waals surface area (Å²) in [7, 11) is 0. The van der Waals surface area contributed by atoms with Crippen molar-refractivity contribution >= 4 is 28.9 Å². The van der Waals surface area contributed by atoms with Crippen molar-refractivity contribution in [3.63, 3.8) is 0 Å². The zero-order chi connectivity index (χ0) is 23.5. The summed E-state index contributed by atoms with van der Waals surface area (Å²) in [4.78, 5) is 26.9. The maximum Gasteiger partial charge on any atom is 0.258 e. The molecule has 2 amide bonds. The second-order valence-corrected chi connectivity index (χ2v) is 7.59. The van der Waals surface area contributed by atoms with Crippen LogP contribution in [0.2, 0.25) is 0 Å². The molecule has 0 bridgehead atoms. The number of para-hydroxylation sites is 1. The van der Waals surface area contributed by atoms with Crippen molar-refractivity contribution in [3.8, 4) is 5.75 Å². The van der Waals surface area contributed by atoms with E-state index < -0.39 is 0 Å². The summed E-state index contributed by atoms with van der Waals surface area (Å²) in [6, 6.07) is 24.1. The third-order valence-electron chi connectivity index (χ3n) is 5.12. The van der Waals surface area contributed by atoms with Gasteiger partial charge < -0.3 is 20.3 Å². The fraction of sp³-hybridized carbons (Fsp3) is 0.259. The Morgan fingerprint density at radius 3 is 2.15 bits per heavy atom. The maximum atomic E-state index is 12.9. The van der Waals surface area contributed by atoms with Gasteiger partial charge in [0, 0.05) is 29.2 Å². The molecule has 0 aromatic heterocycles. The molecule has 0 aliphatic carbocycles. The first-order valence-electron chi connectivity index (χ1n) is 11.3. The van der Waals surface area contributed by atoms with Crippen LogP contribution in [-0.4, -0.2) is 31.5 Å². The molecule has 172 valence electrons. The largest absolute Gasteiger partial charge is 0.494 e. The van der Waals surface area contributed by atoms with Gasteiger partial charge in [-0.1, -0.05) is 31.5 Å². The van der Waals surface area contributed by atoms with Crippen molar-refractivity contribution in [2.45, 2.75) is 26.7 Å². The lowest BCUT2D eigenvalue weighted by Crippen LogP contribution is -2.30. The summed E-state index contributed by atoms with van der Waals surface area (Å²) >= 11 is 0. The number of nitrogens with one attached hydrogen (secondary N) is 2. The van der Waals surface area contributed by atoms with Crippen molar-refractivity contribution in [2.24, 2.45) is 0 Å². The van der Waals surface area contributed by atoms with Crippen LogP contribution in [0, 0.1) is 0 Å². The van der Waals surface area contributed by atoms with Crippen LogP contribution < -0.4 is 20.3 Å². The number of carbonyl (C=O) groups is 2. The lowest BCUT2D eigenvalue weighted by molar-refractivity contribution is -0.114. The molecule has 0 aliphatic heterocycles. The predicted octanol–water partition coefficient (Wildman–Crippen LogP) is 5.58. The normalized spacial score (nSPS) is 10.4. The van der Waals surface area contributed by atoms with Crippen LogP contribution >= 0.6 is 0 Å². The zero-order valence-corrected chi connectivity index (χ0v) is 19.2. The Kier molecular flexibility index (Phi) is 8.88. The summed E-state index contributed by atoms with van der Waals surface area (Å²) < 4.78 is 5.63. The van der Waals surface area contributed by atoms with E-state index in [2.05, 4.69) is 17.6 Å². The molecule has 0 radical (unpaired) electrons. The molecule has 0 saturated heterocycles. The number of rotatable bonds is 11. The van der Waals surface area contributed by atoms with E-state index in [9.17, 15) is 9.59 Å². The molecule has 0 fully saturated rings. The number of anilines is 3. The average Bonchev–Trinajstić information content (AvgIpc) is 2.85. The van der Waals surface area contributed by atoms with Crippen molar-refractivity contribution < 1.29 is 14.3 Å². The smallest absolute Gasteiger partial charge is 0.258 e. The van der Waals surface area contributed by atoms with Gasteiger partial charge in [0.05, 0.1) is 13.2 Å². The minimum absolute atomic E-state index is 0.0601. The van der Waals surface area contributed by atoms with E-state index in [1.807, 2.05) is 73.7 Å². The van der Waals surface area contributed by atoms with E-state index in [1.54, 1.807) is 17.0 Å². The molecule has 6 nitrogen and oxygen atoms in total. The Balaban J connectivity index is 1.49. The lowest BCUT2D eigenvalue weighted by Gasteiger charge is -2.21. The second kappa shape index (κ2) is 12.3. The summed E-state index contributed by atoms with van der Waals surface area (Å²) in [5, 5.41) is 5.95. The number of benzene rings is 3. The monoisotopic (exact) mass is 445 g/mol. The Labute approximate surface area is 195 Å². The number of nitrogens with zero attached hydrogens (tertiary/aromatic N) is 1. The topological polar surface area (TPSA) is 70.7 Å². The summed E-state index contributed by atoms with van der Waals surface area (Å²) in [5.74, 6) is 0.578. The first-order chi connectivity index (χ1) is 16.1. The highest BCUT2D eigenvalue weighted by molar-refractivity contribution is 6.06. The van der Waals surface area contributed by atoms with Gasteiger partial charge in [-0.25, -0.2) is 0 Å². The Morgan fingerprint density at radius 2 is 1.52 bits per heavy atom. The molecule has 0 aliphatic rings. The van der Waals surface area contributed by atoms with Gasteiger partial charge in [0.15, 0.2) is 0 Å². The number of amides is 2. The number of ether oxygens (including phenoxy) is 1. The van der Waals surface area contributed by atoms with Gasteiger partial charge in [-0.15, -0.1) is 0 Å². The molecule has 3 aromatic carbocycles. The van der Waals surface area contributed by atoms with E-state index in [0.717, 1.165) is 30.0 Å². The SMILES string of the molecule is CCCCOc1ccc(NC(=O)CNc2ccc(C(=O)N(CC)c3ccccc3)cc2)cc1. The number of unbranched alkanes of at least 4 members (excludes halogenated alkanes) is 1. The molecule has 0 heterocycles. The van der Waals surface area contributed by atoms with Crippen LogP contribution in [-0.2, 0) is 4.79 Å². The minimum Gasteiger partial charge on any atom is -0.494 e. The quantitative estimate of drug-likeness (QED) is 0.378. The van der Waals surface area contributed by atoms with Crippen LogP contribution in [0.4, 0.5) is 17.1 Å². The molecular weight excluding hydrogens is 414 g/mol. The Morgan fingerprint density at radius 1 is 0.848 bits per heavy atom. The van der Waals surface area contributed by atoms with Crippen molar-refractivity contribution in [1.82, 2.24) is 0 Å². The third kappa shape index (κ3) is 7.10. The zero-order valence-electron chi connectivity index (χ0n) is 19.2. The molecule has 2 N–H and O–H groups in total. The van der Waals surface area contributed by atoms with Crippen LogP contribution in [0.5, 0.6) is 5.75 Å². The van der Waals surface area contributed by atoms with Crippen LogP contribution in [0.3, 0.4) is 0 Å². The summed E-state index contributed by atoms with van der Waals surface area (Å²) in [5.41, 5.74) is 2.94. The van der Waals surface area contributed by atoms with Gasteiger partial charge in [0.2, 0.25) is 5.91 Å². The van der Waals surface area contributed by atoms with Crippen molar-refractivity contribution in [3.05, 3.63) is 84.4 Å². The minimum atomic E-state index is -0.156. The fourth-order valence-corrected chi connectivity index (χ4v) is 3.29. The van der Waals surface area contributed by atoms with Gasteiger partial charge in [-0.3, -0.25) is 9.59 Å². The van der Waals surface area contributed by atoms with Crippen molar-refractivity contribution in [1.29, 1.82) is 0 Å². The predicted molar refractivity (Wildman–Crippen MR) is 134 cm³/mol. The second-order valence-electron chi connectivity index (χ2n) is 7.59. The summed E-state index contributed by atoms with van der Waals surface area (Å²) in [6.45, 7) is 5.46. The van der Waals surface area contributed by atoms with E-state index in [0.29, 0.717) is 24.4 Å². The van der Waals surface area contributed by atoms with E-state index in [-0.39, 0.29) is 18.4 Å². The Hall–Kier alpha value is -3.80. The van der Waals surface area contributed by atoms with Gasteiger partial charge in [-0.2, -0.15) is 0 Å². The van der Waals surface area contributed by atoms with Gasteiger partial charge >= 0.3 is 0 Å². The molecule has 0 unspecified atom stereocenters. The molecule has 3 aromatic rings. The average molecular weight is 446 g/mol. The number of hydrogen-bond acceptors (Lipinski definition) is 4. The van der Waals surface area contributed by atoms with Gasteiger partial charge in [0.1, 0.15) is 5.75 Å². The third-order valence-corrected chi connectivity index (χ3v) is 5.12. The number of hydrogen-bond donors (Lipinski definition) is 2. The molecule has 3 rings (SSSR count). The fourth-order valence-electron chi connectivity index (χ4n) is 3.29. The molecule has 6 heteroatoms. The molecule has 33 heavy (non-hydrogen) atoms. The number of carbonyl (C=O) groups excluding carboxylic acids is 2. The van der Waals surface area contributed by atoms with Gasteiger partial charge in [-0.05, 0) is 74.0 Å². The first kappa shape index (κ1) is 23.9. The van der Waals surface area contributed by atoms with E-state index in [4.69, 9.17) is 4.74 Å².